The fourth-order valence-electron chi connectivity index (χ4n) is 3.56. The van der Waals surface area contributed by atoms with Gasteiger partial charge in [-0.1, -0.05) is 29.5 Å². The molecule has 0 unspecified atom stereocenters. The predicted octanol–water partition coefficient (Wildman–Crippen LogP) is 3.53. The van der Waals surface area contributed by atoms with Crippen LogP contribution in [0.2, 0.25) is 0 Å². The molecule has 3 aromatic rings. The van der Waals surface area contributed by atoms with Crippen LogP contribution >= 0.6 is 23.7 Å². The Morgan fingerprint density at radius 1 is 1.00 bits per heavy atom. The highest BCUT2D eigenvalue weighted by molar-refractivity contribution is 7.22. The maximum atomic E-state index is 13.3. The van der Waals surface area contributed by atoms with Gasteiger partial charge in [0.15, 0.2) is 5.13 Å². The van der Waals surface area contributed by atoms with Crippen LogP contribution in [0.25, 0.3) is 10.2 Å². The van der Waals surface area contributed by atoms with Crippen LogP contribution < -0.4 is 4.90 Å². The van der Waals surface area contributed by atoms with E-state index in [1.807, 2.05) is 45.0 Å². The quantitative estimate of drug-likeness (QED) is 0.513. The monoisotopic (exact) mass is 472 g/mol. The van der Waals surface area contributed by atoms with E-state index in [1.54, 1.807) is 29.2 Å². The van der Waals surface area contributed by atoms with Crippen molar-refractivity contribution in [2.75, 3.05) is 38.6 Å². The maximum Gasteiger partial charge on any atom is 0.262 e. The molecule has 1 aliphatic rings. The first-order valence-electron chi connectivity index (χ1n) is 10.0. The molecule has 168 valence electrons. The summed E-state index contributed by atoms with van der Waals surface area (Å²) in [6.07, 6.45) is 0. The number of rotatable bonds is 6. The summed E-state index contributed by atoms with van der Waals surface area (Å²) in [6.45, 7) is 4.78. The summed E-state index contributed by atoms with van der Waals surface area (Å²) in [7, 11) is 3.86. The van der Waals surface area contributed by atoms with E-state index in [4.69, 9.17) is 4.98 Å². The third-order valence-corrected chi connectivity index (χ3v) is 6.59. The second-order valence-electron chi connectivity index (χ2n) is 7.94. The van der Waals surface area contributed by atoms with Crippen LogP contribution in [0, 0.1) is 13.8 Å². The van der Waals surface area contributed by atoms with Crippen molar-refractivity contribution in [1.82, 2.24) is 14.8 Å². The number of thiazole rings is 1. The van der Waals surface area contributed by atoms with Gasteiger partial charge in [-0.25, -0.2) is 4.98 Å². The number of aryl methyl sites for hydroxylation is 2. The van der Waals surface area contributed by atoms with Crippen LogP contribution in [0.1, 0.15) is 31.8 Å². The SMILES string of the molecule is Cc1ccc2sc(N(CCN(C)C)C(=O)CN3C(=O)c4ccccc4C3=O)nc2c1C.Cl. The lowest BCUT2D eigenvalue weighted by Crippen LogP contribution is -2.45. The third kappa shape index (κ3) is 4.26. The van der Waals surface area contributed by atoms with Gasteiger partial charge in [-0.05, 0) is 57.3 Å². The molecule has 0 aliphatic carbocycles. The van der Waals surface area contributed by atoms with Crippen LogP contribution in [0.15, 0.2) is 36.4 Å². The molecule has 0 atom stereocenters. The number of imide groups is 1. The number of nitrogens with zero attached hydrogens (tertiary/aromatic N) is 4. The zero-order valence-electron chi connectivity index (χ0n) is 18.4. The molecule has 1 aliphatic heterocycles. The lowest BCUT2D eigenvalue weighted by atomic mass is 10.1. The molecule has 0 bridgehead atoms. The molecule has 0 N–H and O–H groups in total. The third-order valence-electron chi connectivity index (χ3n) is 5.55. The maximum absolute atomic E-state index is 13.3. The van der Waals surface area contributed by atoms with Crippen LogP contribution in [0.5, 0.6) is 0 Å². The van der Waals surface area contributed by atoms with E-state index >= 15 is 0 Å². The second kappa shape index (κ2) is 9.36. The van der Waals surface area contributed by atoms with Gasteiger partial charge in [0.25, 0.3) is 11.8 Å². The van der Waals surface area contributed by atoms with Crippen molar-refractivity contribution in [3.63, 3.8) is 0 Å². The van der Waals surface area contributed by atoms with E-state index in [9.17, 15) is 14.4 Å². The number of carbonyl (C=O) groups is 3. The number of likely N-dealkylation sites (N-methyl/N-ethyl adjacent to an activating group) is 1. The number of hydrogen-bond donors (Lipinski definition) is 0. The molecular formula is C23H25ClN4O3S. The van der Waals surface area contributed by atoms with Crippen LogP contribution in [-0.4, -0.2) is 66.2 Å². The predicted molar refractivity (Wildman–Crippen MR) is 129 cm³/mol. The van der Waals surface area contributed by atoms with Crippen molar-refractivity contribution in [3.05, 3.63) is 58.7 Å². The molecule has 2 heterocycles. The average molecular weight is 473 g/mol. The van der Waals surface area contributed by atoms with Crippen LogP contribution in [0.3, 0.4) is 0 Å². The standard InChI is InChI=1S/C23H24N4O3S.ClH/c1-14-9-10-18-20(15(14)2)24-23(31-18)26(12-11-25(3)4)19(28)13-27-21(29)16-7-5-6-8-17(16)22(27)30;/h5-10H,11-13H2,1-4H3;1H. The number of carbonyl (C=O) groups excluding carboxylic acids is 3. The number of amides is 3. The van der Waals surface area contributed by atoms with E-state index in [0.717, 1.165) is 26.2 Å². The number of aromatic nitrogens is 1. The largest absolute Gasteiger partial charge is 0.308 e. The highest BCUT2D eigenvalue weighted by Gasteiger charge is 2.37. The van der Waals surface area contributed by atoms with Crippen LogP contribution in [0.4, 0.5) is 5.13 Å². The first kappa shape index (κ1) is 23.8. The van der Waals surface area contributed by atoms with Crippen molar-refractivity contribution >= 4 is 56.8 Å². The van der Waals surface area contributed by atoms with E-state index < -0.39 is 11.8 Å². The minimum absolute atomic E-state index is 0. The number of hydrogen-bond acceptors (Lipinski definition) is 6. The van der Waals surface area contributed by atoms with Crippen LogP contribution in [-0.2, 0) is 4.79 Å². The van der Waals surface area contributed by atoms with Crippen molar-refractivity contribution < 1.29 is 14.4 Å². The summed E-state index contributed by atoms with van der Waals surface area (Å²) in [5, 5.41) is 0.576. The van der Waals surface area contributed by atoms with Crippen molar-refractivity contribution in [3.8, 4) is 0 Å². The van der Waals surface area contributed by atoms with Crippen molar-refractivity contribution in [1.29, 1.82) is 0 Å². The molecule has 0 spiro atoms. The summed E-state index contributed by atoms with van der Waals surface area (Å²) in [4.78, 5) is 48.0. The summed E-state index contributed by atoms with van der Waals surface area (Å²) in [5.41, 5.74) is 3.78. The molecule has 4 rings (SSSR count). The van der Waals surface area contributed by atoms with Gasteiger partial charge in [0, 0.05) is 13.1 Å². The van der Waals surface area contributed by atoms with Gasteiger partial charge in [-0.3, -0.25) is 24.2 Å². The Hall–Kier alpha value is -2.81. The lowest BCUT2D eigenvalue weighted by Gasteiger charge is -2.24. The summed E-state index contributed by atoms with van der Waals surface area (Å²) >= 11 is 1.44. The van der Waals surface area contributed by atoms with Crippen molar-refractivity contribution in [2.24, 2.45) is 0 Å². The molecular weight excluding hydrogens is 448 g/mol. The Kier molecular flexibility index (Phi) is 6.97. The molecule has 0 fully saturated rings. The number of anilines is 1. The fraction of sp³-hybridized carbons (Fsp3) is 0.304. The summed E-state index contributed by atoms with van der Waals surface area (Å²) in [5.74, 6) is -1.20. The smallest absolute Gasteiger partial charge is 0.262 e. The van der Waals surface area contributed by atoms with Gasteiger partial charge in [-0.15, -0.1) is 12.4 Å². The highest BCUT2D eigenvalue weighted by atomic mass is 35.5. The summed E-state index contributed by atoms with van der Waals surface area (Å²) < 4.78 is 1.00. The van der Waals surface area contributed by atoms with Gasteiger partial charge in [-0.2, -0.15) is 0 Å². The molecule has 0 saturated carbocycles. The molecule has 2 aromatic carbocycles. The van der Waals surface area contributed by atoms with Gasteiger partial charge >= 0.3 is 0 Å². The summed E-state index contributed by atoms with van der Waals surface area (Å²) in [6, 6.07) is 10.7. The normalized spacial score (nSPS) is 13.0. The Morgan fingerprint density at radius 2 is 1.62 bits per heavy atom. The van der Waals surface area contributed by atoms with E-state index in [2.05, 4.69) is 0 Å². The molecule has 32 heavy (non-hydrogen) atoms. The first-order chi connectivity index (χ1) is 14.8. The molecule has 3 amide bonds. The minimum Gasteiger partial charge on any atom is -0.308 e. The minimum atomic E-state index is -0.433. The van der Waals surface area contributed by atoms with Gasteiger partial charge in [0.2, 0.25) is 5.91 Å². The second-order valence-corrected chi connectivity index (χ2v) is 8.95. The Bertz CT molecular complexity index is 1170. The number of halogens is 1. The van der Waals surface area contributed by atoms with Gasteiger partial charge in [0.05, 0.1) is 21.3 Å². The van der Waals surface area contributed by atoms with E-state index in [-0.39, 0.29) is 24.9 Å². The fourth-order valence-corrected chi connectivity index (χ4v) is 4.63. The first-order valence-corrected chi connectivity index (χ1v) is 10.9. The Morgan fingerprint density at radius 3 is 2.22 bits per heavy atom. The Balaban J connectivity index is 0.00000289. The average Bonchev–Trinajstić information content (AvgIpc) is 3.27. The zero-order valence-corrected chi connectivity index (χ0v) is 20.0. The molecule has 1 aromatic heterocycles. The molecule has 0 radical (unpaired) electrons. The van der Waals surface area contributed by atoms with E-state index in [1.165, 1.54) is 11.3 Å². The van der Waals surface area contributed by atoms with Crippen molar-refractivity contribution in [2.45, 2.75) is 13.8 Å². The number of benzene rings is 2. The topological polar surface area (TPSA) is 73.8 Å². The lowest BCUT2D eigenvalue weighted by molar-refractivity contribution is -0.119. The molecule has 0 saturated heterocycles. The highest BCUT2D eigenvalue weighted by Crippen LogP contribution is 2.32. The zero-order chi connectivity index (χ0) is 22.3. The van der Waals surface area contributed by atoms with Gasteiger partial charge < -0.3 is 4.90 Å². The van der Waals surface area contributed by atoms with Gasteiger partial charge in [0.1, 0.15) is 6.54 Å². The Labute approximate surface area is 197 Å². The molecule has 9 heteroatoms. The number of fused-ring (bicyclic) bond motifs is 2. The molecule has 7 nitrogen and oxygen atoms in total. The van der Waals surface area contributed by atoms with E-state index in [0.29, 0.717) is 29.3 Å².